The van der Waals surface area contributed by atoms with Gasteiger partial charge in [0.1, 0.15) is 0 Å². The lowest BCUT2D eigenvalue weighted by Crippen LogP contribution is -2.13. The largest absolute Gasteiger partial charge is 0.330 e. The van der Waals surface area contributed by atoms with E-state index in [2.05, 4.69) is 49.3 Å². The standard InChI is InChI=1S/C17H23N3OS/c1-4-14-16(13-10-11(2)7-8-12(13)3)20-17(22-14)19-15(21)6-5-9-18/h7-8,10H,4-6,9,18H2,1-3H3,(H,19,20,21). The first-order valence-electron chi connectivity index (χ1n) is 7.62. The molecule has 0 saturated carbocycles. The molecule has 3 N–H and O–H groups in total. The van der Waals surface area contributed by atoms with Crippen molar-refractivity contribution in [2.24, 2.45) is 5.73 Å². The molecule has 22 heavy (non-hydrogen) atoms. The summed E-state index contributed by atoms with van der Waals surface area (Å²) in [5.41, 5.74) is 9.98. The average molecular weight is 317 g/mol. The predicted molar refractivity (Wildman–Crippen MR) is 93.3 cm³/mol. The molecule has 0 unspecified atom stereocenters. The lowest BCUT2D eigenvalue weighted by molar-refractivity contribution is -0.116. The molecular weight excluding hydrogens is 294 g/mol. The van der Waals surface area contributed by atoms with Crippen LogP contribution in [0.2, 0.25) is 0 Å². The van der Waals surface area contributed by atoms with Crippen LogP contribution in [0.25, 0.3) is 11.3 Å². The van der Waals surface area contributed by atoms with Crippen molar-refractivity contribution in [3.8, 4) is 11.3 Å². The second kappa shape index (κ2) is 7.51. The Kier molecular flexibility index (Phi) is 5.69. The number of carbonyl (C=O) groups is 1. The van der Waals surface area contributed by atoms with E-state index in [1.807, 2.05) is 0 Å². The van der Waals surface area contributed by atoms with Gasteiger partial charge in [0.15, 0.2) is 5.13 Å². The van der Waals surface area contributed by atoms with Gasteiger partial charge in [-0.1, -0.05) is 24.6 Å². The zero-order valence-electron chi connectivity index (χ0n) is 13.4. The van der Waals surface area contributed by atoms with Gasteiger partial charge in [-0.25, -0.2) is 4.98 Å². The molecule has 1 aromatic carbocycles. The van der Waals surface area contributed by atoms with Gasteiger partial charge in [-0.2, -0.15) is 0 Å². The predicted octanol–water partition coefficient (Wildman–Crippen LogP) is 3.67. The number of nitrogens with zero attached hydrogens (tertiary/aromatic N) is 1. The molecular formula is C17H23N3OS. The number of hydrogen-bond donors (Lipinski definition) is 2. The van der Waals surface area contributed by atoms with E-state index in [9.17, 15) is 4.79 Å². The smallest absolute Gasteiger partial charge is 0.226 e. The fourth-order valence-corrected chi connectivity index (χ4v) is 3.22. The lowest BCUT2D eigenvalue weighted by atomic mass is 10.0. The Balaban J connectivity index is 2.29. The summed E-state index contributed by atoms with van der Waals surface area (Å²) in [6, 6.07) is 6.37. The van der Waals surface area contributed by atoms with Gasteiger partial charge >= 0.3 is 0 Å². The summed E-state index contributed by atoms with van der Waals surface area (Å²) in [4.78, 5) is 17.7. The minimum Gasteiger partial charge on any atom is -0.330 e. The van der Waals surface area contributed by atoms with Crippen molar-refractivity contribution in [1.29, 1.82) is 0 Å². The van der Waals surface area contributed by atoms with Crippen molar-refractivity contribution in [2.75, 3.05) is 11.9 Å². The Labute approximate surface area is 135 Å². The average Bonchev–Trinajstić information content (AvgIpc) is 2.90. The molecule has 0 fully saturated rings. The number of anilines is 1. The highest BCUT2D eigenvalue weighted by atomic mass is 32.1. The van der Waals surface area contributed by atoms with Crippen LogP contribution in [0.5, 0.6) is 0 Å². The van der Waals surface area contributed by atoms with Crippen LogP contribution in [0.3, 0.4) is 0 Å². The van der Waals surface area contributed by atoms with Crippen molar-refractivity contribution in [3.63, 3.8) is 0 Å². The first-order chi connectivity index (χ1) is 10.5. The maximum Gasteiger partial charge on any atom is 0.226 e. The molecule has 1 amide bonds. The second-order valence-corrected chi connectivity index (χ2v) is 6.49. The molecule has 0 atom stereocenters. The summed E-state index contributed by atoms with van der Waals surface area (Å²) in [6.07, 6.45) is 2.04. The Morgan fingerprint density at radius 2 is 2.14 bits per heavy atom. The fraction of sp³-hybridized carbons (Fsp3) is 0.412. The van der Waals surface area contributed by atoms with Crippen LogP contribution in [0, 0.1) is 13.8 Å². The highest BCUT2D eigenvalue weighted by Crippen LogP contribution is 2.33. The number of aryl methyl sites for hydroxylation is 3. The molecule has 1 aromatic heterocycles. The number of carbonyl (C=O) groups excluding carboxylic acids is 1. The third kappa shape index (κ3) is 3.93. The van der Waals surface area contributed by atoms with Crippen molar-refractivity contribution in [3.05, 3.63) is 34.2 Å². The van der Waals surface area contributed by atoms with E-state index in [4.69, 9.17) is 5.73 Å². The maximum absolute atomic E-state index is 11.8. The minimum absolute atomic E-state index is 0.0191. The summed E-state index contributed by atoms with van der Waals surface area (Å²) in [7, 11) is 0. The van der Waals surface area contributed by atoms with E-state index >= 15 is 0 Å². The van der Waals surface area contributed by atoms with Gasteiger partial charge in [-0.05, 0) is 44.9 Å². The fourth-order valence-electron chi connectivity index (χ4n) is 2.29. The number of thiazole rings is 1. The van der Waals surface area contributed by atoms with Gasteiger partial charge < -0.3 is 11.1 Å². The number of nitrogens with one attached hydrogen (secondary N) is 1. The monoisotopic (exact) mass is 317 g/mol. The first-order valence-corrected chi connectivity index (χ1v) is 8.44. The number of benzene rings is 1. The number of rotatable bonds is 6. The Morgan fingerprint density at radius 3 is 2.82 bits per heavy atom. The third-order valence-corrected chi connectivity index (χ3v) is 4.64. The summed E-state index contributed by atoms with van der Waals surface area (Å²) in [6.45, 7) is 6.81. The highest BCUT2D eigenvalue weighted by molar-refractivity contribution is 7.16. The number of hydrogen-bond acceptors (Lipinski definition) is 4. The number of amides is 1. The van der Waals surface area contributed by atoms with Gasteiger partial charge in [0.05, 0.1) is 5.69 Å². The normalized spacial score (nSPS) is 10.7. The molecule has 0 spiro atoms. The Bertz CT molecular complexity index is 664. The molecule has 0 bridgehead atoms. The van der Waals surface area contributed by atoms with E-state index in [0.717, 1.165) is 17.7 Å². The van der Waals surface area contributed by atoms with Gasteiger partial charge in [0.2, 0.25) is 5.91 Å². The van der Waals surface area contributed by atoms with E-state index < -0.39 is 0 Å². The van der Waals surface area contributed by atoms with Crippen LogP contribution < -0.4 is 11.1 Å². The van der Waals surface area contributed by atoms with Crippen LogP contribution >= 0.6 is 11.3 Å². The molecule has 4 nitrogen and oxygen atoms in total. The minimum atomic E-state index is -0.0191. The summed E-state index contributed by atoms with van der Waals surface area (Å²) < 4.78 is 0. The van der Waals surface area contributed by atoms with Crippen LogP contribution in [-0.2, 0) is 11.2 Å². The van der Waals surface area contributed by atoms with Gasteiger partial charge in [-0.15, -0.1) is 11.3 Å². The van der Waals surface area contributed by atoms with Crippen LogP contribution in [0.1, 0.15) is 35.8 Å². The topological polar surface area (TPSA) is 68.0 Å². The summed E-state index contributed by atoms with van der Waals surface area (Å²) in [5, 5.41) is 3.56. The van der Waals surface area contributed by atoms with Crippen LogP contribution in [0.15, 0.2) is 18.2 Å². The van der Waals surface area contributed by atoms with E-state index in [1.54, 1.807) is 11.3 Å². The van der Waals surface area contributed by atoms with Crippen molar-refractivity contribution < 1.29 is 4.79 Å². The molecule has 0 aliphatic carbocycles. The Morgan fingerprint density at radius 1 is 1.36 bits per heavy atom. The number of nitrogens with two attached hydrogens (primary N) is 1. The first kappa shape index (κ1) is 16.6. The maximum atomic E-state index is 11.8. The SMILES string of the molecule is CCc1sc(NC(=O)CCCN)nc1-c1cc(C)ccc1C. The zero-order chi connectivity index (χ0) is 16.1. The number of aromatic nitrogens is 1. The quantitative estimate of drug-likeness (QED) is 0.854. The van der Waals surface area contributed by atoms with E-state index in [-0.39, 0.29) is 5.91 Å². The summed E-state index contributed by atoms with van der Waals surface area (Å²) >= 11 is 1.56. The Hall–Kier alpha value is -1.72. The molecule has 0 aliphatic rings. The van der Waals surface area contributed by atoms with Gasteiger partial charge in [-0.3, -0.25) is 4.79 Å². The van der Waals surface area contributed by atoms with E-state index in [0.29, 0.717) is 24.5 Å². The summed E-state index contributed by atoms with van der Waals surface area (Å²) in [5.74, 6) is -0.0191. The third-order valence-electron chi connectivity index (χ3n) is 3.52. The molecule has 1 heterocycles. The molecule has 2 rings (SSSR count). The molecule has 5 heteroatoms. The molecule has 2 aromatic rings. The molecule has 0 radical (unpaired) electrons. The van der Waals surface area contributed by atoms with E-state index in [1.165, 1.54) is 16.0 Å². The van der Waals surface area contributed by atoms with Crippen LogP contribution in [-0.4, -0.2) is 17.4 Å². The molecule has 0 aliphatic heterocycles. The highest BCUT2D eigenvalue weighted by Gasteiger charge is 2.15. The van der Waals surface area contributed by atoms with Crippen molar-refractivity contribution in [1.82, 2.24) is 4.98 Å². The molecule has 118 valence electrons. The van der Waals surface area contributed by atoms with Gasteiger partial charge in [0, 0.05) is 16.9 Å². The van der Waals surface area contributed by atoms with Crippen molar-refractivity contribution in [2.45, 2.75) is 40.0 Å². The second-order valence-electron chi connectivity index (χ2n) is 5.40. The van der Waals surface area contributed by atoms with Crippen molar-refractivity contribution >= 4 is 22.4 Å². The zero-order valence-corrected chi connectivity index (χ0v) is 14.2. The lowest BCUT2D eigenvalue weighted by Gasteiger charge is -2.06. The van der Waals surface area contributed by atoms with Gasteiger partial charge in [0.25, 0.3) is 0 Å². The molecule has 0 saturated heterocycles. The van der Waals surface area contributed by atoms with Crippen LogP contribution in [0.4, 0.5) is 5.13 Å².